The third-order valence-corrected chi connectivity index (χ3v) is 2.40. The molecule has 0 spiro atoms. The smallest absolute Gasteiger partial charge is 0.241 e. The van der Waals surface area contributed by atoms with Crippen LogP contribution < -0.4 is 21.9 Å². The summed E-state index contributed by atoms with van der Waals surface area (Å²) in [7, 11) is 1.59. The van der Waals surface area contributed by atoms with Crippen molar-refractivity contribution >= 4 is 17.5 Å². The van der Waals surface area contributed by atoms with Crippen LogP contribution in [0.5, 0.6) is 0 Å². The van der Waals surface area contributed by atoms with E-state index in [9.17, 15) is 4.79 Å². The maximum absolute atomic E-state index is 11.4. The van der Waals surface area contributed by atoms with E-state index in [1.165, 1.54) is 0 Å². The number of nitrogens with two attached hydrogens (primary N) is 1. The Labute approximate surface area is 107 Å². The molecular formula is C11H20N6O. The van der Waals surface area contributed by atoms with Crippen molar-refractivity contribution in [2.45, 2.75) is 32.7 Å². The Morgan fingerprint density at radius 3 is 2.67 bits per heavy atom. The summed E-state index contributed by atoms with van der Waals surface area (Å²) >= 11 is 0. The Hall–Kier alpha value is -1.89. The molecule has 0 aromatic carbocycles. The first-order valence-corrected chi connectivity index (χ1v) is 5.93. The Bertz CT molecular complexity index is 409. The first kappa shape index (κ1) is 14.2. The van der Waals surface area contributed by atoms with Gasteiger partial charge in [0.2, 0.25) is 5.91 Å². The van der Waals surface area contributed by atoms with Crippen LogP contribution in [0.2, 0.25) is 0 Å². The number of likely N-dealkylation sites (N-methyl/N-ethyl adjacent to an activating group) is 1. The Morgan fingerprint density at radius 1 is 1.44 bits per heavy atom. The number of hydrogen-bond donors (Lipinski definition) is 4. The van der Waals surface area contributed by atoms with Gasteiger partial charge in [0.15, 0.2) is 0 Å². The van der Waals surface area contributed by atoms with Gasteiger partial charge in [0, 0.05) is 19.5 Å². The lowest BCUT2D eigenvalue weighted by molar-refractivity contribution is -0.121. The summed E-state index contributed by atoms with van der Waals surface area (Å²) in [4.78, 5) is 20.0. The number of aromatic nitrogens is 2. The van der Waals surface area contributed by atoms with E-state index in [1.54, 1.807) is 20.0 Å². The molecular weight excluding hydrogens is 232 g/mol. The lowest BCUT2D eigenvalue weighted by Gasteiger charge is -2.14. The van der Waals surface area contributed by atoms with Crippen LogP contribution in [-0.4, -0.2) is 29.0 Å². The second-order valence-electron chi connectivity index (χ2n) is 3.93. The molecule has 0 fully saturated rings. The molecule has 1 heterocycles. The Balaban J connectivity index is 2.86. The van der Waals surface area contributed by atoms with Gasteiger partial charge >= 0.3 is 0 Å². The number of carbonyl (C=O) groups excluding carboxylic acids is 1. The third kappa shape index (κ3) is 3.85. The number of hydrogen-bond acceptors (Lipinski definition) is 6. The highest BCUT2D eigenvalue weighted by Crippen LogP contribution is 2.12. The third-order valence-electron chi connectivity index (χ3n) is 2.40. The predicted octanol–water partition coefficient (Wildman–Crippen LogP) is 0.261. The molecule has 0 aliphatic carbocycles. The minimum absolute atomic E-state index is 0.104. The average Bonchev–Trinajstić information content (AvgIpc) is 2.37. The number of rotatable bonds is 6. The van der Waals surface area contributed by atoms with Crippen LogP contribution in [0, 0.1) is 0 Å². The lowest BCUT2D eigenvalue weighted by atomic mass is 10.3. The van der Waals surface area contributed by atoms with Gasteiger partial charge in [-0.2, -0.15) is 0 Å². The van der Waals surface area contributed by atoms with Crippen molar-refractivity contribution in [2.24, 2.45) is 5.84 Å². The zero-order valence-corrected chi connectivity index (χ0v) is 10.9. The van der Waals surface area contributed by atoms with Crippen molar-refractivity contribution in [3.8, 4) is 0 Å². The number of anilines is 2. The van der Waals surface area contributed by atoms with Crippen molar-refractivity contribution in [1.29, 1.82) is 0 Å². The summed E-state index contributed by atoms with van der Waals surface area (Å²) in [5.41, 5.74) is 2.49. The first-order valence-electron chi connectivity index (χ1n) is 5.93. The molecule has 100 valence electrons. The highest BCUT2D eigenvalue weighted by molar-refractivity contribution is 5.83. The molecule has 1 amide bonds. The quantitative estimate of drug-likeness (QED) is 0.427. The molecule has 0 radical (unpaired) electrons. The average molecular weight is 252 g/mol. The summed E-state index contributed by atoms with van der Waals surface area (Å²) in [6.07, 6.45) is 1.71. The molecule has 7 nitrogen and oxygen atoms in total. The minimum atomic E-state index is -0.370. The van der Waals surface area contributed by atoms with E-state index in [0.717, 1.165) is 12.8 Å². The molecule has 18 heavy (non-hydrogen) atoms. The summed E-state index contributed by atoms with van der Waals surface area (Å²) < 4.78 is 0. The van der Waals surface area contributed by atoms with E-state index in [-0.39, 0.29) is 11.9 Å². The highest BCUT2D eigenvalue weighted by Gasteiger charge is 2.12. The predicted molar refractivity (Wildman–Crippen MR) is 71.0 cm³/mol. The SMILES string of the molecule is CCCc1nc(NN)cc(NC(C)C(=O)NC)n1. The molecule has 0 bridgehead atoms. The highest BCUT2D eigenvalue weighted by atomic mass is 16.2. The first-order chi connectivity index (χ1) is 8.60. The van der Waals surface area contributed by atoms with E-state index in [1.807, 2.05) is 6.92 Å². The van der Waals surface area contributed by atoms with Crippen molar-refractivity contribution < 1.29 is 4.79 Å². The van der Waals surface area contributed by atoms with Gasteiger partial charge in [-0.05, 0) is 13.3 Å². The van der Waals surface area contributed by atoms with Gasteiger partial charge in [-0.1, -0.05) is 6.92 Å². The van der Waals surface area contributed by atoms with E-state index in [0.29, 0.717) is 17.5 Å². The molecule has 1 unspecified atom stereocenters. The number of hydrazine groups is 1. The molecule has 1 rings (SSSR count). The van der Waals surface area contributed by atoms with Gasteiger partial charge in [0.1, 0.15) is 23.5 Å². The molecule has 0 aliphatic rings. The van der Waals surface area contributed by atoms with Gasteiger partial charge in [-0.3, -0.25) is 4.79 Å². The minimum Gasteiger partial charge on any atom is -0.358 e. The van der Waals surface area contributed by atoms with Crippen LogP contribution in [0.3, 0.4) is 0 Å². The topological polar surface area (TPSA) is 105 Å². The fourth-order valence-corrected chi connectivity index (χ4v) is 1.48. The van der Waals surface area contributed by atoms with E-state index >= 15 is 0 Å². The van der Waals surface area contributed by atoms with Crippen LogP contribution in [0.25, 0.3) is 0 Å². The number of amides is 1. The molecule has 0 saturated heterocycles. The maximum atomic E-state index is 11.4. The molecule has 0 aliphatic heterocycles. The van der Waals surface area contributed by atoms with Crippen molar-refractivity contribution in [2.75, 3.05) is 17.8 Å². The standard InChI is InChI=1S/C11H20N6O/c1-4-5-8-15-9(6-10(16-8)17-12)14-7(2)11(18)13-3/h6-7H,4-5,12H2,1-3H3,(H,13,18)(H2,14,15,16,17). The fourth-order valence-electron chi connectivity index (χ4n) is 1.48. The number of nitrogens with one attached hydrogen (secondary N) is 3. The van der Waals surface area contributed by atoms with Crippen molar-refractivity contribution in [1.82, 2.24) is 15.3 Å². The van der Waals surface area contributed by atoms with Gasteiger partial charge < -0.3 is 16.1 Å². The molecule has 0 saturated carbocycles. The van der Waals surface area contributed by atoms with Crippen LogP contribution in [0.4, 0.5) is 11.6 Å². The van der Waals surface area contributed by atoms with Gasteiger partial charge in [0.25, 0.3) is 0 Å². The summed E-state index contributed by atoms with van der Waals surface area (Å²) in [6.45, 7) is 3.81. The van der Waals surface area contributed by atoms with Crippen LogP contribution in [0.1, 0.15) is 26.1 Å². The number of nitrogen functional groups attached to an aromatic ring is 1. The maximum Gasteiger partial charge on any atom is 0.241 e. The van der Waals surface area contributed by atoms with Crippen LogP contribution in [0.15, 0.2) is 6.07 Å². The second kappa shape index (κ2) is 6.75. The summed E-state index contributed by atoms with van der Waals surface area (Å²) in [6, 6.07) is 1.29. The second-order valence-corrected chi connectivity index (χ2v) is 3.93. The summed E-state index contributed by atoms with van der Waals surface area (Å²) in [5, 5.41) is 5.58. The molecule has 1 aromatic rings. The zero-order chi connectivity index (χ0) is 13.5. The monoisotopic (exact) mass is 252 g/mol. The van der Waals surface area contributed by atoms with Crippen molar-refractivity contribution in [3.05, 3.63) is 11.9 Å². The van der Waals surface area contributed by atoms with E-state index in [2.05, 4.69) is 26.0 Å². The van der Waals surface area contributed by atoms with Gasteiger partial charge in [-0.15, -0.1) is 0 Å². The fraction of sp³-hybridized carbons (Fsp3) is 0.545. The largest absolute Gasteiger partial charge is 0.358 e. The summed E-state index contributed by atoms with van der Waals surface area (Å²) in [5.74, 6) is 7.05. The van der Waals surface area contributed by atoms with Crippen LogP contribution in [-0.2, 0) is 11.2 Å². The number of nitrogens with zero attached hydrogens (tertiary/aromatic N) is 2. The normalized spacial score (nSPS) is 11.8. The van der Waals surface area contributed by atoms with E-state index in [4.69, 9.17) is 5.84 Å². The molecule has 7 heteroatoms. The molecule has 1 atom stereocenters. The van der Waals surface area contributed by atoms with Crippen LogP contribution >= 0.6 is 0 Å². The van der Waals surface area contributed by atoms with Gasteiger partial charge in [0.05, 0.1) is 0 Å². The number of aryl methyl sites for hydroxylation is 1. The number of carbonyl (C=O) groups is 1. The molecule has 5 N–H and O–H groups in total. The Kier molecular flexibility index (Phi) is 5.31. The Morgan fingerprint density at radius 2 is 2.11 bits per heavy atom. The van der Waals surface area contributed by atoms with Gasteiger partial charge in [-0.25, -0.2) is 15.8 Å². The zero-order valence-electron chi connectivity index (χ0n) is 10.9. The lowest BCUT2D eigenvalue weighted by Crippen LogP contribution is -2.35. The van der Waals surface area contributed by atoms with E-state index < -0.39 is 0 Å². The van der Waals surface area contributed by atoms with Crippen molar-refractivity contribution in [3.63, 3.8) is 0 Å². The molecule has 1 aromatic heterocycles.